The van der Waals surface area contributed by atoms with Gasteiger partial charge in [0.2, 0.25) is 5.91 Å². The topological polar surface area (TPSA) is 55.1 Å². The van der Waals surface area contributed by atoms with Crippen molar-refractivity contribution in [1.82, 2.24) is 5.32 Å². The van der Waals surface area contributed by atoms with Crippen LogP contribution in [-0.4, -0.2) is 18.5 Å². The molecule has 1 saturated carbocycles. The van der Waals surface area contributed by atoms with Gasteiger partial charge in [-0.2, -0.15) is 0 Å². The highest BCUT2D eigenvalue weighted by atomic mass is 35.5. The van der Waals surface area contributed by atoms with Crippen LogP contribution in [0.3, 0.4) is 0 Å². The number of hydrogen-bond acceptors (Lipinski definition) is 2. The maximum Gasteiger partial charge on any atom is 0.237 e. The number of nitrogens with two attached hydrogens (primary N) is 1. The molecule has 0 spiro atoms. The summed E-state index contributed by atoms with van der Waals surface area (Å²) in [6.45, 7) is 3.07. The molecule has 1 aliphatic carbocycles. The lowest BCUT2D eigenvalue weighted by molar-refractivity contribution is -0.122. The molecular formula is C17H27ClN2O. The summed E-state index contributed by atoms with van der Waals surface area (Å²) in [4.78, 5) is 12.1. The van der Waals surface area contributed by atoms with Gasteiger partial charge in [0.25, 0.3) is 0 Å². The molecule has 0 aliphatic heterocycles. The first-order chi connectivity index (χ1) is 9.66. The fourth-order valence-corrected chi connectivity index (χ4v) is 3.02. The second-order valence-corrected chi connectivity index (χ2v) is 6.06. The van der Waals surface area contributed by atoms with Crippen molar-refractivity contribution in [3.05, 3.63) is 35.9 Å². The van der Waals surface area contributed by atoms with E-state index in [0.29, 0.717) is 12.3 Å². The summed E-state index contributed by atoms with van der Waals surface area (Å²) in [6.07, 6.45) is 5.75. The lowest BCUT2D eigenvalue weighted by atomic mass is 9.80. The number of rotatable bonds is 5. The molecule has 1 amide bonds. The first-order valence-electron chi connectivity index (χ1n) is 7.74. The van der Waals surface area contributed by atoms with Crippen molar-refractivity contribution in [2.45, 2.75) is 45.1 Å². The lowest BCUT2D eigenvalue weighted by Gasteiger charge is -2.29. The van der Waals surface area contributed by atoms with Gasteiger partial charge < -0.3 is 11.1 Å². The van der Waals surface area contributed by atoms with E-state index < -0.39 is 6.04 Å². The molecule has 118 valence electrons. The van der Waals surface area contributed by atoms with Crippen LogP contribution >= 0.6 is 12.4 Å². The number of nitrogens with one attached hydrogen (secondary N) is 1. The van der Waals surface area contributed by atoms with Crippen LogP contribution in [0.15, 0.2) is 30.3 Å². The highest BCUT2D eigenvalue weighted by Crippen LogP contribution is 2.28. The summed E-state index contributed by atoms with van der Waals surface area (Å²) < 4.78 is 0. The van der Waals surface area contributed by atoms with Gasteiger partial charge in [0.1, 0.15) is 0 Å². The molecule has 3 atom stereocenters. The van der Waals surface area contributed by atoms with Crippen LogP contribution in [0, 0.1) is 11.8 Å². The lowest BCUT2D eigenvalue weighted by Crippen LogP contribution is -2.44. The molecule has 3 nitrogen and oxygen atoms in total. The van der Waals surface area contributed by atoms with Crippen LogP contribution in [0.4, 0.5) is 0 Å². The van der Waals surface area contributed by atoms with Crippen molar-refractivity contribution in [1.29, 1.82) is 0 Å². The zero-order valence-electron chi connectivity index (χ0n) is 12.8. The third kappa shape index (κ3) is 5.68. The molecule has 4 heteroatoms. The summed E-state index contributed by atoms with van der Waals surface area (Å²) in [6, 6.07) is 9.50. The minimum Gasteiger partial charge on any atom is -0.354 e. The maximum absolute atomic E-state index is 12.1. The fourth-order valence-electron chi connectivity index (χ4n) is 3.02. The molecule has 3 N–H and O–H groups in total. The van der Waals surface area contributed by atoms with E-state index in [-0.39, 0.29) is 18.3 Å². The number of halogens is 1. The van der Waals surface area contributed by atoms with Crippen LogP contribution < -0.4 is 11.1 Å². The van der Waals surface area contributed by atoms with Crippen molar-refractivity contribution in [3.63, 3.8) is 0 Å². The normalized spacial score (nSPS) is 23.0. The average Bonchev–Trinajstić information content (AvgIpc) is 2.47. The Morgan fingerprint density at radius 2 is 1.95 bits per heavy atom. The van der Waals surface area contributed by atoms with Gasteiger partial charge in [-0.05, 0) is 30.2 Å². The quantitative estimate of drug-likeness (QED) is 0.878. The van der Waals surface area contributed by atoms with Gasteiger partial charge in [0.05, 0.1) is 6.04 Å². The monoisotopic (exact) mass is 310 g/mol. The molecular weight excluding hydrogens is 284 g/mol. The van der Waals surface area contributed by atoms with E-state index in [1.807, 2.05) is 30.3 Å². The Kier molecular flexibility index (Phi) is 7.76. The second kappa shape index (κ2) is 9.06. The van der Waals surface area contributed by atoms with Crippen molar-refractivity contribution < 1.29 is 4.79 Å². The fraction of sp³-hybridized carbons (Fsp3) is 0.588. The summed E-state index contributed by atoms with van der Waals surface area (Å²) >= 11 is 0. The number of carbonyl (C=O) groups excluding carboxylic acids is 1. The van der Waals surface area contributed by atoms with Gasteiger partial charge in [0, 0.05) is 6.54 Å². The number of carbonyl (C=O) groups is 1. The zero-order chi connectivity index (χ0) is 14.4. The highest BCUT2D eigenvalue weighted by Gasteiger charge is 2.22. The largest absolute Gasteiger partial charge is 0.354 e. The standard InChI is InChI=1S/C17H26N2O.ClH/c1-13-7-5-6-10-15(13)12-19-17(20)16(18)11-14-8-3-2-4-9-14;/h2-4,8-9,13,15-16H,5-7,10-12,18H2,1H3,(H,19,20);1H. The van der Waals surface area contributed by atoms with E-state index in [9.17, 15) is 4.79 Å². The Labute approximate surface area is 134 Å². The van der Waals surface area contributed by atoms with E-state index in [1.165, 1.54) is 25.7 Å². The van der Waals surface area contributed by atoms with Crippen LogP contribution in [-0.2, 0) is 11.2 Å². The minimum absolute atomic E-state index is 0. The molecule has 0 heterocycles. The molecule has 1 fully saturated rings. The molecule has 0 radical (unpaired) electrons. The molecule has 0 saturated heterocycles. The third-order valence-electron chi connectivity index (χ3n) is 4.46. The first kappa shape index (κ1) is 18.0. The van der Waals surface area contributed by atoms with Crippen LogP contribution in [0.1, 0.15) is 38.2 Å². The summed E-state index contributed by atoms with van der Waals surface area (Å²) in [5.41, 5.74) is 7.10. The first-order valence-corrected chi connectivity index (χ1v) is 7.74. The second-order valence-electron chi connectivity index (χ2n) is 6.06. The van der Waals surface area contributed by atoms with Crippen molar-refractivity contribution in [2.75, 3.05) is 6.54 Å². The molecule has 21 heavy (non-hydrogen) atoms. The van der Waals surface area contributed by atoms with E-state index >= 15 is 0 Å². The molecule has 0 aromatic heterocycles. The van der Waals surface area contributed by atoms with Crippen molar-refractivity contribution in [2.24, 2.45) is 17.6 Å². The van der Waals surface area contributed by atoms with Crippen molar-refractivity contribution in [3.8, 4) is 0 Å². The van der Waals surface area contributed by atoms with Gasteiger partial charge in [-0.15, -0.1) is 12.4 Å². The molecule has 0 bridgehead atoms. The maximum atomic E-state index is 12.1. The number of benzene rings is 1. The van der Waals surface area contributed by atoms with E-state index in [2.05, 4.69) is 12.2 Å². The van der Waals surface area contributed by atoms with Gasteiger partial charge in [-0.1, -0.05) is 56.5 Å². The van der Waals surface area contributed by atoms with E-state index in [1.54, 1.807) is 0 Å². The number of amides is 1. The Morgan fingerprint density at radius 3 is 2.62 bits per heavy atom. The van der Waals surface area contributed by atoms with Gasteiger partial charge in [-0.3, -0.25) is 4.79 Å². The molecule has 2 rings (SSSR count). The van der Waals surface area contributed by atoms with E-state index in [0.717, 1.165) is 18.0 Å². The molecule has 1 aromatic carbocycles. The Hall–Kier alpha value is -1.06. The predicted molar refractivity (Wildman–Crippen MR) is 89.5 cm³/mol. The van der Waals surface area contributed by atoms with Crippen molar-refractivity contribution >= 4 is 18.3 Å². The Balaban J connectivity index is 0.00000220. The molecule has 1 aromatic rings. The number of hydrogen-bond donors (Lipinski definition) is 2. The van der Waals surface area contributed by atoms with Crippen LogP contribution in [0.5, 0.6) is 0 Å². The van der Waals surface area contributed by atoms with Crippen LogP contribution in [0.25, 0.3) is 0 Å². The minimum atomic E-state index is -0.448. The average molecular weight is 311 g/mol. The van der Waals surface area contributed by atoms with Gasteiger partial charge >= 0.3 is 0 Å². The summed E-state index contributed by atoms with van der Waals surface area (Å²) in [5.74, 6) is 1.32. The van der Waals surface area contributed by atoms with Gasteiger partial charge in [-0.25, -0.2) is 0 Å². The molecule has 3 unspecified atom stereocenters. The molecule has 1 aliphatic rings. The summed E-state index contributed by atoms with van der Waals surface area (Å²) in [5, 5.41) is 3.04. The highest BCUT2D eigenvalue weighted by molar-refractivity contribution is 5.85. The predicted octanol–water partition coefficient (Wildman–Crippen LogP) is 2.92. The van der Waals surface area contributed by atoms with Gasteiger partial charge in [0.15, 0.2) is 0 Å². The van der Waals surface area contributed by atoms with Crippen LogP contribution in [0.2, 0.25) is 0 Å². The summed E-state index contributed by atoms with van der Waals surface area (Å²) in [7, 11) is 0. The zero-order valence-corrected chi connectivity index (χ0v) is 13.6. The van der Waals surface area contributed by atoms with E-state index in [4.69, 9.17) is 5.73 Å². The smallest absolute Gasteiger partial charge is 0.237 e. The SMILES string of the molecule is CC1CCCCC1CNC(=O)C(N)Cc1ccccc1.Cl. The Bertz CT molecular complexity index is 424. The third-order valence-corrected chi connectivity index (χ3v) is 4.46. The Morgan fingerprint density at radius 1 is 1.29 bits per heavy atom.